The largest absolute Gasteiger partial charge is 0.384 e. The molecule has 0 aliphatic rings. The standard InChI is InChI=1S/C14H18N2/c1-2-3-4-10-15-13-8-5-9-14-12(13)7-6-11-16-14/h5-9,11,15H,2-4,10H2,1H3. The predicted molar refractivity (Wildman–Crippen MR) is 69.8 cm³/mol. The Labute approximate surface area is 96.7 Å². The van der Waals surface area contributed by atoms with Crippen molar-refractivity contribution in [1.29, 1.82) is 0 Å². The molecule has 2 rings (SSSR count). The van der Waals surface area contributed by atoms with Gasteiger partial charge in [-0.25, -0.2) is 0 Å². The number of unbranched alkanes of at least 4 members (excludes halogenated alkanes) is 2. The van der Waals surface area contributed by atoms with Gasteiger partial charge in [0, 0.05) is 23.8 Å². The molecule has 2 aromatic rings. The van der Waals surface area contributed by atoms with Crippen LogP contribution in [0.4, 0.5) is 5.69 Å². The van der Waals surface area contributed by atoms with Gasteiger partial charge in [-0.3, -0.25) is 4.98 Å². The molecule has 0 radical (unpaired) electrons. The molecule has 0 spiro atoms. The topological polar surface area (TPSA) is 24.9 Å². The van der Waals surface area contributed by atoms with Gasteiger partial charge in [0.2, 0.25) is 0 Å². The summed E-state index contributed by atoms with van der Waals surface area (Å²) in [5.41, 5.74) is 2.25. The number of aromatic nitrogens is 1. The van der Waals surface area contributed by atoms with Gasteiger partial charge >= 0.3 is 0 Å². The Bertz CT molecular complexity index is 446. The molecule has 1 N–H and O–H groups in total. The maximum absolute atomic E-state index is 4.35. The van der Waals surface area contributed by atoms with Crippen LogP contribution < -0.4 is 5.32 Å². The van der Waals surface area contributed by atoms with Crippen LogP contribution in [0.2, 0.25) is 0 Å². The molecule has 0 bridgehead atoms. The second kappa shape index (κ2) is 5.50. The number of benzene rings is 1. The molecule has 0 saturated carbocycles. The molecule has 0 atom stereocenters. The summed E-state index contributed by atoms with van der Waals surface area (Å²) in [5.74, 6) is 0. The van der Waals surface area contributed by atoms with Gasteiger partial charge in [-0.05, 0) is 30.7 Å². The SMILES string of the molecule is CCCCCNc1cccc2ncccc12. The lowest BCUT2D eigenvalue weighted by molar-refractivity contribution is 0.744. The zero-order valence-electron chi connectivity index (χ0n) is 9.74. The van der Waals surface area contributed by atoms with Crippen molar-refractivity contribution in [3.63, 3.8) is 0 Å². The first-order valence-electron chi connectivity index (χ1n) is 5.99. The normalized spacial score (nSPS) is 10.6. The Hall–Kier alpha value is -1.57. The van der Waals surface area contributed by atoms with Gasteiger partial charge in [0.15, 0.2) is 0 Å². The summed E-state index contributed by atoms with van der Waals surface area (Å²) < 4.78 is 0. The molecule has 1 aromatic carbocycles. The van der Waals surface area contributed by atoms with Crippen molar-refractivity contribution in [3.8, 4) is 0 Å². The van der Waals surface area contributed by atoms with Crippen LogP contribution in [-0.4, -0.2) is 11.5 Å². The van der Waals surface area contributed by atoms with Gasteiger partial charge in [-0.2, -0.15) is 0 Å². The fourth-order valence-corrected chi connectivity index (χ4v) is 1.86. The molecule has 2 heteroatoms. The molecule has 0 aliphatic carbocycles. The smallest absolute Gasteiger partial charge is 0.0722 e. The van der Waals surface area contributed by atoms with Crippen molar-refractivity contribution >= 4 is 16.6 Å². The quantitative estimate of drug-likeness (QED) is 0.765. The summed E-state index contributed by atoms with van der Waals surface area (Å²) in [6.45, 7) is 3.27. The maximum Gasteiger partial charge on any atom is 0.0722 e. The number of rotatable bonds is 5. The molecule has 0 amide bonds. The average Bonchev–Trinajstić information content (AvgIpc) is 2.35. The fraction of sp³-hybridized carbons (Fsp3) is 0.357. The zero-order valence-corrected chi connectivity index (χ0v) is 9.74. The molecule has 2 nitrogen and oxygen atoms in total. The first-order valence-corrected chi connectivity index (χ1v) is 5.99. The highest BCUT2D eigenvalue weighted by atomic mass is 14.9. The third kappa shape index (κ3) is 2.51. The number of hydrogen-bond acceptors (Lipinski definition) is 2. The van der Waals surface area contributed by atoms with Crippen LogP contribution in [0.5, 0.6) is 0 Å². The van der Waals surface area contributed by atoms with E-state index in [2.05, 4.69) is 35.4 Å². The van der Waals surface area contributed by atoms with Crippen molar-refractivity contribution in [2.75, 3.05) is 11.9 Å². The summed E-state index contributed by atoms with van der Waals surface area (Å²) in [7, 11) is 0. The zero-order chi connectivity index (χ0) is 11.2. The number of pyridine rings is 1. The first-order chi connectivity index (χ1) is 7.92. The fourth-order valence-electron chi connectivity index (χ4n) is 1.86. The third-order valence-electron chi connectivity index (χ3n) is 2.74. The van der Waals surface area contributed by atoms with Crippen LogP contribution >= 0.6 is 0 Å². The van der Waals surface area contributed by atoms with Crippen molar-refractivity contribution in [2.24, 2.45) is 0 Å². The number of hydrogen-bond donors (Lipinski definition) is 1. The van der Waals surface area contributed by atoms with Crippen LogP contribution in [0, 0.1) is 0 Å². The highest BCUT2D eigenvalue weighted by Gasteiger charge is 1.99. The third-order valence-corrected chi connectivity index (χ3v) is 2.74. The van der Waals surface area contributed by atoms with Gasteiger partial charge in [0.1, 0.15) is 0 Å². The summed E-state index contributed by atoms with van der Waals surface area (Å²) in [5, 5.41) is 4.69. The summed E-state index contributed by atoms with van der Waals surface area (Å²) >= 11 is 0. The van der Waals surface area contributed by atoms with E-state index in [0.717, 1.165) is 12.1 Å². The Morgan fingerprint density at radius 3 is 2.94 bits per heavy atom. The summed E-state index contributed by atoms with van der Waals surface area (Å²) in [6.07, 6.45) is 5.62. The van der Waals surface area contributed by atoms with Crippen molar-refractivity contribution in [3.05, 3.63) is 36.5 Å². The number of nitrogens with one attached hydrogen (secondary N) is 1. The Balaban J connectivity index is 2.11. The molecule has 0 unspecified atom stereocenters. The summed E-state index contributed by atoms with van der Waals surface area (Å²) in [4.78, 5) is 4.35. The first kappa shape index (κ1) is 10.9. The van der Waals surface area contributed by atoms with Crippen LogP contribution in [0.25, 0.3) is 10.9 Å². The van der Waals surface area contributed by atoms with Gasteiger partial charge in [0.25, 0.3) is 0 Å². The highest BCUT2D eigenvalue weighted by molar-refractivity contribution is 5.91. The number of fused-ring (bicyclic) bond motifs is 1. The predicted octanol–water partition coefficient (Wildman–Crippen LogP) is 3.84. The second-order valence-corrected chi connectivity index (χ2v) is 4.01. The van der Waals surface area contributed by atoms with E-state index in [9.17, 15) is 0 Å². The van der Waals surface area contributed by atoms with Crippen molar-refractivity contribution < 1.29 is 0 Å². The molecular formula is C14H18N2. The molecule has 16 heavy (non-hydrogen) atoms. The Kier molecular flexibility index (Phi) is 3.76. The van der Waals surface area contributed by atoms with E-state index in [1.807, 2.05) is 18.3 Å². The number of nitrogens with zero attached hydrogens (tertiary/aromatic N) is 1. The molecular weight excluding hydrogens is 196 g/mol. The Morgan fingerprint density at radius 2 is 2.06 bits per heavy atom. The van der Waals surface area contributed by atoms with E-state index < -0.39 is 0 Å². The van der Waals surface area contributed by atoms with E-state index >= 15 is 0 Å². The van der Waals surface area contributed by atoms with Gasteiger partial charge in [-0.1, -0.05) is 25.8 Å². The van der Waals surface area contributed by atoms with Gasteiger partial charge < -0.3 is 5.32 Å². The molecule has 1 heterocycles. The van der Waals surface area contributed by atoms with Crippen LogP contribution in [0.3, 0.4) is 0 Å². The van der Waals surface area contributed by atoms with Crippen molar-refractivity contribution in [2.45, 2.75) is 26.2 Å². The van der Waals surface area contributed by atoms with Gasteiger partial charge in [-0.15, -0.1) is 0 Å². The van der Waals surface area contributed by atoms with E-state index in [0.29, 0.717) is 0 Å². The molecule has 84 valence electrons. The lowest BCUT2D eigenvalue weighted by Gasteiger charge is -2.08. The number of anilines is 1. The van der Waals surface area contributed by atoms with E-state index in [-0.39, 0.29) is 0 Å². The maximum atomic E-state index is 4.35. The molecule has 0 aliphatic heterocycles. The van der Waals surface area contributed by atoms with Crippen molar-refractivity contribution in [1.82, 2.24) is 4.98 Å². The lowest BCUT2D eigenvalue weighted by atomic mass is 10.1. The van der Waals surface area contributed by atoms with Crippen LogP contribution in [0.1, 0.15) is 26.2 Å². The van der Waals surface area contributed by atoms with Gasteiger partial charge in [0.05, 0.1) is 5.52 Å². The van der Waals surface area contributed by atoms with E-state index in [1.54, 1.807) is 0 Å². The minimum absolute atomic E-state index is 1.04. The lowest BCUT2D eigenvalue weighted by Crippen LogP contribution is -2.01. The highest BCUT2D eigenvalue weighted by Crippen LogP contribution is 2.21. The molecule has 1 aromatic heterocycles. The molecule has 0 fully saturated rings. The monoisotopic (exact) mass is 214 g/mol. The minimum atomic E-state index is 1.04. The van der Waals surface area contributed by atoms with E-state index in [1.165, 1.54) is 30.3 Å². The average molecular weight is 214 g/mol. The van der Waals surface area contributed by atoms with E-state index in [4.69, 9.17) is 0 Å². The van der Waals surface area contributed by atoms with Crippen LogP contribution in [-0.2, 0) is 0 Å². The second-order valence-electron chi connectivity index (χ2n) is 4.01. The van der Waals surface area contributed by atoms with Crippen LogP contribution in [0.15, 0.2) is 36.5 Å². The summed E-state index contributed by atoms with van der Waals surface area (Å²) in [6, 6.07) is 10.3. The Morgan fingerprint density at radius 1 is 1.12 bits per heavy atom. The molecule has 0 saturated heterocycles. The minimum Gasteiger partial charge on any atom is -0.384 e.